The van der Waals surface area contributed by atoms with Gasteiger partial charge < -0.3 is 14.6 Å². The van der Waals surface area contributed by atoms with E-state index in [2.05, 4.69) is 15.0 Å². The van der Waals surface area contributed by atoms with Crippen LogP contribution in [0.4, 0.5) is 0 Å². The number of hydrogen-bond acceptors (Lipinski definition) is 3. The zero-order valence-corrected chi connectivity index (χ0v) is 16.0. The molecule has 0 fully saturated rings. The van der Waals surface area contributed by atoms with Gasteiger partial charge in [0.25, 0.3) is 5.91 Å². The minimum absolute atomic E-state index is 0.0642. The van der Waals surface area contributed by atoms with Gasteiger partial charge in [0.05, 0.1) is 24.4 Å². The van der Waals surface area contributed by atoms with E-state index in [1.165, 1.54) is 0 Å². The number of ether oxygens (including phenoxy) is 1. The summed E-state index contributed by atoms with van der Waals surface area (Å²) in [6, 6.07) is 7.89. The summed E-state index contributed by atoms with van der Waals surface area (Å²) in [5, 5.41) is 8.37. The molecule has 2 heterocycles. The van der Waals surface area contributed by atoms with Gasteiger partial charge in [0.2, 0.25) is 0 Å². The Morgan fingerprint density at radius 1 is 1.27 bits per heavy atom. The number of carbonyl (C=O) groups is 1. The minimum Gasteiger partial charge on any atom is -0.383 e. The molecule has 1 atom stereocenters. The number of nitrogens with one attached hydrogen (secondary N) is 1. The Hall–Kier alpha value is -2.60. The van der Waals surface area contributed by atoms with Crippen molar-refractivity contribution in [1.82, 2.24) is 19.7 Å². The van der Waals surface area contributed by atoms with E-state index >= 15 is 0 Å². The third kappa shape index (κ3) is 3.12. The van der Waals surface area contributed by atoms with E-state index in [-0.39, 0.29) is 11.9 Å². The molecular weight excluding hydrogens is 328 g/mol. The van der Waals surface area contributed by atoms with E-state index in [1.807, 2.05) is 63.0 Å². The largest absolute Gasteiger partial charge is 0.383 e. The highest BCUT2D eigenvalue weighted by Gasteiger charge is 2.22. The monoisotopic (exact) mass is 354 g/mol. The normalized spacial score (nSPS) is 12.5. The number of aryl methyl sites for hydroxylation is 1. The fourth-order valence-corrected chi connectivity index (χ4v) is 3.48. The van der Waals surface area contributed by atoms with Gasteiger partial charge in [-0.15, -0.1) is 0 Å². The van der Waals surface area contributed by atoms with E-state index < -0.39 is 0 Å². The van der Waals surface area contributed by atoms with Crippen LogP contribution in [-0.2, 0) is 18.3 Å². The maximum absolute atomic E-state index is 13.1. The van der Waals surface area contributed by atoms with Crippen LogP contribution >= 0.6 is 0 Å². The lowest BCUT2D eigenvalue weighted by atomic mass is 10.1. The number of methoxy groups -OCH3 is 1. The molecule has 6 heteroatoms. The highest BCUT2D eigenvalue weighted by Crippen LogP contribution is 2.27. The van der Waals surface area contributed by atoms with Gasteiger partial charge in [-0.1, -0.05) is 18.2 Å². The standard InChI is InChI=1S/C20H26N4O2/c1-13(17-12-21-23(4)14(17)2)22-20(25)19-15(3)24(10-11-26-5)18-9-7-6-8-16(18)19/h6-9,12-13H,10-11H2,1-5H3,(H,22,25). The summed E-state index contributed by atoms with van der Waals surface area (Å²) in [6.07, 6.45) is 1.81. The van der Waals surface area contributed by atoms with Crippen LogP contribution in [-0.4, -0.2) is 34.0 Å². The van der Waals surface area contributed by atoms with Crippen molar-refractivity contribution in [1.29, 1.82) is 0 Å². The molecule has 0 saturated heterocycles. The molecule has 1 amide bonds. The number of hydrogen-bond donors (Lipinski definition) is 1. The second kappa shape index (κ2) is 7.33. The number of para-hydroxylation sites is 1. The summed E-state index contributed by atoms with van der Waals surface area (Å²) in [5.41, 5.74) is 4.82. The van der Waals surface area contributed by atoms with Crippen molar-refractivity contribution in [2.75, 3.05) is 13.7 Å². The maximum atomic E-state index is 13.1. The first-order valence-electron chi connectivity index (χ1n) is 8.81. The number of rotatable bonds is 6. The van der Waals surface area contributed by atoms with Crippen LogP contribution in [0.1, 0.15) is 40.3 Å². The molecule has 0 bridgehead atoms. The van der Waals surface area contributed by atoms with Gasteiger partial charge in [-0.3, -0.25) is 9.48 Å². The Labute approximate surface area is 153 Å². The zero-order chi connectivity index (χ0) is 18.8. The summed E-state index contributed by atoms with van der Waals surface area (Å²) in [4.78, 5) is 13.1. The van der Waals surface area contributed by atoms with E-state index in [0.717, 1.165) is 33.4 Å². The molecule has 0 aliphatic rings. The molecule has 1 aromatic carbocycles. The lowest BCUT2D eigenvalue weighted by Gasteiger charge is -2.14. The van der Waals surface area contributed by atoms with Crippen LogP contribution in [0.15, 0.2) is 30.5 Å². The third-order valence-corrected chi connectivity index (χ3v) is 5.06. The highest BCUT2D eigenvalue weighted by molar-refractivity contribution is 6.08. The van der Waals surface area contributed by atoms with Gasteiger partial charge in [0.15, 0.2) is 0 Å². The van der Waals surface area contributed by atoms with E-state index in [0.29, 0.717) is 13.2 Å². The Morgan fingerprint density at radius 3 is 2.65 bits per heavy atom. The van der Waals surface area contributed by atoms with E-state index in [9.17, 15) is 4.79 Å². The first-order chi connectivity index (χ1) is 12.5. The first kappa shape index (κ1) is 18.2. The molecular formula is C20H26N4O2. The van der Waals surface area contributed by atoms with Crippen molar-refractivity contribution >= 4 is 16.8 Å². The predicted molar refractivity (Wildman–Crippen MR) is 102 cm³/mol. The number of nitrogens with zero attached hydrogens (tertiary/aromatic N) is 3. The molecule has 6 nitrogen and oxygen atoms in total. The number of amides is 1. The Bertz CT molecular complexity index is 939. The van der Waals surface area contributed by atoms with Crippen LogP contribution < -0.4 is 5.32 Å². The van der Waals surface area contributed by atoms with Crippen molar-refractivity contribution in [3.8, 4) is 0 Å². The molecule has 3 aromatic rings. The van der Waals surface area contributed by atoms with Crippen LogP contribution in [0.5, 0.6) is 0 Å². The molecule has 0 radical (unpaired) electrons. The quantitative estimate of drug-likeness (QED) is 0.740. The highest BCUT2D eigenvalue weighted by atomic mass is 16.5. The van der Waals surface area contributed by atoms with Crippen LogP contribution in [0.3, 0.4) is 0 Å². The van der Waals surface area contributed by atoms with Gasteiger partial charge in [-0.05, 0) is 26.8 Å². The number of aromatic nitrogens is 3. The zero-order valence-electron chi connectivity index (χ0n) is 16.0. The lowest BCUT2D eigenvalue weighted by Crippen LogP contribution is -2.27. The molecule has 3 rings (SSSR count). The molecule has 2 aromatic heterocycles. The van der Waals surface area contributed by atoms with Gasteiger partial charge in [0.1, 0.15) is 0 Å². The summed E-state index contributed by atoms with van der Waals surface area (Å²) < 4.78 is 9.19. The summed E-state index contributed by atoms with van der Waals surface area (Å²) >= 11 is 0. The van der Waals surface area contributed by atoms with Gasteiger partial charge in [0, 0.05) is 48.6 Å². The second-order valence-electron chi connectivity index (χ2n) is 6.63. The second-order valence-corrected chi connectivity index (χ2v) is 6.63. The van der Waals surface area contributed by atoms with E-state index in [1.54, 1.807) is 7.11 Å². The average molecular weight is 354 g/mol. The predicted octanol–water partition coefficient (Wildman–Crippen LogP) is 3.13. The van der Waals surface area contributed by atoms with E-state index in [4.69, 9.17) is 4.74 Å². The lowest BCUT2D eigenvalue weighted by molar-refractivity contribution is 0.0940. The molecule has 1 unspecified atom stereocenters. The average Bonchev–Trinajstić information content (AvgIpc) is 3.10. The first-order valence-corrected chi connectivity index (χ1v) is 8.81. The molecule has 0 saturated carbocycles. The van der Waals surface area contributed by atoms with Crippen molar-refractivity contribution < 1.29 is 9.53 Å². The molecule has 0 aliphatic heterocycles. The SMILES string of the molecule is COCCn1c(C)c(C(=O)NC(C)c2cnn(C)c2C)c2ccccc21. The molecule has 0 aliphatic carbocycles. The maximum Gasteiger partial charge on any atom is 0.254 e. The molecule has 1 N–H and O–H groups in total. The fraction of sp³-hybridized carbons (Fsp3) is 0.400. The summed E-state index contributed by atoms with van der Waals surface area (Å²) in [7, 11) is 3.59. The molecule has 26 heavy (non-hydrogen) atoms. The van der Waals surface area contributed by atoms with Crippen LogP contribution in [0, 0.1) is 13.8 Å². The van der Waals surface area contributed by atoms with Gasteiger partial charge in [-0.25, -0.2) is 0 Å². The van der Waals surface area contributed by atoms with Crippen molar-refractivity contribution in [3.05, 3.63) is 53.0 Å². The Balaban J connectivity index is 1.95. The summed E-state index contributed by atoms with van der Waals surface area (Å²) in [5.74, 6) is -0.0642. The van der Waals surface area contributed by atoms with Crippen LogP contribution in [0.25, 0.3) is 10.9 Å². The van der Waals surface area contributed by atoms with Crippen molar-refractivity contribution in [2.24, 2.45) is 7.05 Å². The smallest absolute Gasteiger partial charge is 0.254 e. The molecule has 0 spiro atoms. The minimum atomic E-state index is -0.114. The fourth-order valence-electron chi connectivity index (χ4n) is 3.48. The Morgan fingerprint density at radius 2 is 2.00 bits per heavy atom. The van der Waals surface area contributed by atoms with Crippen molar-refractivity contribution in [2.45, 2.75) is 33.4 Å². The van der Waals surface area contributed by atoms with Gasteiger partial charge in [-0.2, -0.15) is 5.10 Å². The number of benzene rings is 1. The van der Waals surface area contributed by atoms with Crippen LogP contribution in [0.2, 0.25) is 0 Å². The number of fused-ring (bicyclic) bond motifs is 1. The molecule has 138 valence electrons. The third-order valence-electron chi connectivity index (χ3n) is 5.06. The topological polar surface area (TPSA) is 61.1 Å². The Kier molecular flexibility index (Phi) is 5.13. The van der Waals surface area contributed by atoms with Crippen molar-refractivity contribution in [3.63, 3.8) is 0 Å². The van der Waals surface area contributed by atoms with Gasteiger partial charge >= 0.3 is 0 Å². The number of carbonyl (C=O) groups excluding carboxylic acids is 1. The summed E-state index contributed by atoms with van der Waals surface area (Å²) in [6.45, 7) is 7.30.